The molecule has 1 N–H and O–H groups in total. The molecule has 126 valence electrons. The van der Waals surface area contributed by atoms with E-state index in [0.717, 1.165) is 16.2 Å². The van der Waals surface area contributed by atoms with Crippen LogP contribution >= 0.6 is 23.4 Å². The molecule has 1 aromatic heterocycles. The number of hydrogen-bond acceptors (Lipinski definition) is 3. The number of hydrogen-bond donors (Lipinski definition) is 1. The molecule has 0 bridgehead atoms. The molecule has 2 aromatic carbocycles. The van der Waals surface area contributed by atoms with Gasteiger partial charge in [-0.15, -0.1) is 11.8 Å². The first kappa shape index (κ1) is 17.5. The van der Waals surface area contributed by atoms with Crippen molar-refractivity contribution in [3.63, 3.8) is 0 Å². The summed E-state index contributed by atoms with van der Waals surface area (Å²) in [6, 6.07) is 19.1. The van der Waals surface area contributed by atoms with E-state index in [1.165, 1.54) is 5.56 Å². The molecule has 0 spiro atoms. The molecule has 1 amide bonds. The van der Waals surface area contributed by atoms with Gasteiger partial charge in [0.05, 0.1) is 0 Å². The van der Waals surface area contributed by atoms with Crippen LogP contribution in [0.15, 0.2) is 78.0 Å². The van der Waals surface area contributed by atoms with E-state index in [0.29, 0.717) is 17.1 Å². The maximum atomic E-state index is 12.3. The number of carbonyl (C=O) groups excluding carboxylic acids is 1. The lowest BCUT2D eigenvalue weighted by atomic mass is 10.2. The van der Waals surface area contributed by atoms with Crippen molar-refractivity contribution < 1.29 is 4.79 Å². The Kier molecular flexibility index (Phi) is 6.09. The highest BCUT2D eigenvalue weighted by molar-refractivity contribution is 7.98. The van der Waals surface area contributed by atoms with Crippen LogP contribution in [0.25, 0.3) is 0 Å². The van der Waals surface area contributed by atoms with Gasteiger partial charge in [0.15, 0.2) is 0 Å². The van der Waals surface area contributed by atoms with Crippen LogP contribution in [-0.4, -0.2) is 10.9 Å². The van der Waals surface area contributed by atoms with Gasteiger partial charge < -0.3 is 5.32 Å². The van der Waals surface area contributed by atoms with E-state index >= 15 is 0 Å². The van der Waals surface area contributed by atoms with Crippen LogP contribution in [0.1, 0.15) is 21.5 Å². The van der Waals surface area contributed by atoms with Crippen LogP contribution in [0.3, 0.4) is 0 Å². The second-order valence-electron chi connectivity index (χ2n) is 5.45. The molecule has 0 aliphatic heterocycles. The van der Waals surface area contributed by atoms with Crippen molar-refractivity contribution >= 4 is 29.3 Å². The largest absolute Gasteiger partial charge is 0.348 e. The van der Waals surface area contributed by atoms with Crippen LogP contribution in [0.5, 0.6) is 0 Å². The average molecular weight is 369 g/mol. The van der Waals surface area contributed by atoms with Gasteiger partial charge in [-0.05, 0) is 47.5 Å². The van der Waals surface area contributed by atoms with Crippen molar-refractivity contribution in [2.45, 2.75) is 17.2 Å². The zero-order valence-corrected chi connectivity index (χ0v) is 15.1. The number of thioether (sulfide) groups is 1. The minimum Gasteiger partial charge on any atom is -0.348 e. The Morgan fingerprint density at radius 3 is 2.56 bits per heavy atom. The third-order valence-corrected chi connectivity index (χ3v) is 5.09. The van der Waals surface area contributed by atoms with Crippen LogP contribution in [-0.2, 0) is 12.3 Å². The Morgan fingerprint density at radius 2 is 1.84 bits per heavy atom. The minimum atomic E-state index is -0.108. The predicted octanol–water partition coefficient (Wildman–Crippen LogP) is 4.96. The van der Waals surface area contributed by atoms with E-state index < -0.39 is 0 Å². The van der Waals surface area contributed by atoms with E-state index in [4.69, 9.17) is 11.6 Å². The smallest absolute Gasteiger partial charge is 0.251 e. The summed E-state index contributed by atoms with van der Waals surface area (Å²) in [4.78, 5) is 17.5. The van der Waals surface area contributed by atoms with Gasteiger partial charge >= 0.3 is 0 Å². The number of rotatable bonds is 6. The molecule has 0 radical (unpaired) electrons. The van der Waals surface area contributed by atoms with Crippen LogP contribution < -0.4 is 5.32 Å². The summed E-state index contributed by atoms with van der Waals surface area (Å²) in [5.41, 5.74) is 2.72. The predicted molar refractivity (Wildman–Crippen MR) is 103 cm³/mol. The molecule has 0 aliphatic carbocycles. The highest BCUT2D eigenvalue weighted by Gasteiger charge is 2.07. The molecule has 1 heterocycles. The fraction of sp³-hybridized carbons (Fsp3) is 0.100. The van der Waals surface area contributed by atoms with E-state index in [1.807, 2.05) is 60.8 Å². The molecule has 3 rings (SSSR count). The van der Waals surface area contributed by atoms with Gasteiger partial charge in [0.25, 0.3) is 5.91 Å². The average Bonchev–Trinajstić information content (AvgIpc) is 2.67. The zero-order chi connectivity index (χ0) is 17.5. The Morgan fingerprint density at radius 1 is 1.04 bits per heavy atom. The van der Waals surface area contributed by atoms with Gasteiger partial charge in [-0.25, -0.2) is 0 Å². The molecule has 0 saturated carbocycles. The molecule has 5 heteroatoms. The summed E-state index contributed by atoms with van der Waals surface area (Å²) in [5, 5.41) is 3.55. The first-order chi connectivity index (χ1) is 12.2. The Hall–Kier alpha value is -2.30. The van der Waals surface area contributed by atoms with Gasteiger partial charge in [-0.2, -0.15) is 0 Å². The summed E-state index contributed by atoms with van der Waals surface area (Å²) in [6.45, 7) is 0.413. The Balaban J connectivity index is 1.54. The second kappa shape index (κ2) is 8.70. The van der Waals surface area contributed by atoms with E-state index in [2.05, 4.69) is 16.4 Å². The van der Waals surface area contributed by atoms with Crippen LogP contribution in [0.4, 0.5) is 0 Å². The van der Waals surface area contributed by atoms with Crippen molar-refractivity contribution in [1.29, 1.82) is 0 Å². The highest BCUT2D eigenvalue weighted by atomic mass is 35.5. The van der Waals surface area contributed by atoms with Gasteiger partial charge in [-0.1, -0.05) is 35.9 Å². The lowest BCUT2D eigenvalue weighted by molar-refractivity contribution is 0.0951. The molecular formula is C20H17ClN2OS. The fourth-order valence-corrected chi connectivity index (χ4v) is 3.31. The number of nitrogens with zero attached hydrogens (tertiary/aromatic N) is 1. The number of pyridine rings is 1. The second-order valence-corrected chi connectivity index (χ2v) is 6.90. The molecule has 3 nitrogen and oxygen atoms in total. The third kappa shape index (κ3) is 5.08. The first-order valence-electron chi connectivity index (χ1n) is 7.86. The van der Waals surface area contributed by atoms with Crippen LogP contribution in [0, 0.1) is 0 Å². The summed E-state index contributed by atoms with van der Waals surface area (Å²) < 4.78 is 0. The number of aromatic nitrogens is 1. The molecular weight excluding hydrogens is 352 g/mol. The van der Waals surface area contributed by atoms with E-state index in [9.17, 15) is 4.79 Å². The normalized spacial score (nSPS) is 10.4. The summed E-state index contributed by atoms with van der Waals surface area (Å²) in [6.07, 6.45) is 3.63. The maximum Gasteiger partial charge on any atom is 0.251 e. The third-order valence-electron chi connectivity index (χ3n) is 3.64. The summed E-state index contributed by atoms with van der Waals surface area (Å²) >= 11 is 7.82. The molecule has 25 heavy (non-hydrogen) atoms. The minimum absolute atomic E-state index is 0.108. The lowest BCUT2D eigenvalue weighted by Gasteiger charge is -2.08. The number of halogens is 1. The fourth-order valence-electron chi connectivity index (χ4n) is 2.27. The first-order valence-corrected chi connectivity index (χ1v) is 9.22. The maximum absolute atomic E-state index is 12.3. The number of carbonyl (C=O) groups is 1. The summed E-state index contributed by atoms with van der Waals surface area (Å²) in [5.74, 6) is 0.745. The quantitative estimate of drug-likeness (QED) is 0.625. The number of nitrogens with one attached hydrogen (secondary N) is 1. The molecule has 0 aliphatic rings. The molecule has 3 aromatic rings. The van der Waals surface area contributed by atoms with Crippen molar-refractivity contribution in [2.75, 3.05) is 0 Å². The van der Waals surface area contributed by atoms with Gasteiger partial charge in [-0.3, -0.25) is 9.78 Å². The molecule has 0 unspecified atom stereocenters. The van der Waals surface area contributed by atoms with Gasteiger partial charge in [0.2, 0.25) is 0 Å². The Bertz CT molecular complexity index is 838. The SMILES string of the molecule is O=C(NCc1ccccc1Cl)c1ccc(SCc2cccnc2)cc1. The van der Waals surface area contributed by atoms with Crippen molar-refractivity contribution in [2.24, 2.45) is 0 Å². The number of benzene rings is 2. The monoisotopic (exact) mass is 368 g/mol. The van der Waals surface area contributed by atoms with E-state index in [1.54, 1.807) is 18.0 Å². The molecule has 0 saturated heterocycles. The summed E-state index contributed by atoms with van der Waals surface area (Å²) in [7, 11) is 0. The van der Waals surface area contributed by atoms with Gasteiger partial charge in [0, 0.05) is 40.2 Å². The topological polar surface area (TPSA) is 42.0 Å². The van der Waals surface area contributed by atoms with Crippen LogP contribution in [0.2, 0.25) is 5.02 Å². The Labute approximate surface area is 156 Å². The zero-order valence-electron chi connectivity index (χ0n) is 13.5. The van der Waals surface area contributed by atoms with Crippen molar-refractivity contribution in [1.82, 2.24) is 10.3 Å². The van der Waals surface area contributed by atoms with Crippen molar-refractivity contribution in [3.05, 3.63) is 94.8 Å². The van der Waals surface area contributed by atoms with Gasteiger partial charge in [0.1, 0.15) is 0 Å². The molecule has 0 fully saturated rings. The highest BCUT2D eigenvalue weighted by Crippen LogP contribution is 2.22. The van der Waals surface area contributed by atoms with Crippen molar-refractivity contribution in [3.8, 4) is 0 Å². The lowest BCUT2D eigenvalue weighted by Crippen LogP contribution is -2.22. The van der Waals surface area contributed by atoms with E-state index in [-0.39, 0.29) is 5.91 Å². The number of amides is 1. The standard InChI is InChI=1S/C20H17ClN2OS/c21-19-6-2-1-5-17(19)13-23-20(24)16-7-9-18(10-8-16)25-14-15-4-3-11-22-12-15/h1-12H,13-14H2,(H,23,24). The molecule has 0 atom stereocenters.